The minimum Gasteiger partial charge on any atom is -0.481 e. The molecule has 0 unspecified atom stereocenters. The molecule has 2 aromatic rings. The van der Waals surface area contributed by atoms with E-state index >= 15 is 0 Å². The highest BCUT2D eigenvalue weighted by molar-refractivity contribution is 7.91. The van der Waals surface area contributed by atoms with Gasteiger partial charge in [0.15, 0.2) is 9.84 Å². The van der Waals surface area contributed by atoms with Crippen LogP contribution in [-0.4, -0.2) is 35.3 Å². The number of hydrogen-bond donors (Lipinski definition) is 1. The van der Waals surface area contributed by atoms with Gasteiger partial charge in [-0.2, -0.15) is 0 Å². The van der Waals surface area contributed by atoms with Gasteiger partial charge in [-0.1, -0.05) is 12.1 Å². The summed E-state index contributed by atoms with van der Waals surface area (Å²) in [5.41, 5.74) is 1.40. The third-order valence-corrected chi connectivity index (χ3v) is 5.71. The van der Waals surface area contributed by atoms with Crippen LogP contribution in [0.4, 0.5) is 0 Å². The predicted molar refractivity (Wildman–Crippen MR) is 79.9 cm³/mol. The third kappa shape index (κ3) is 2.78. The van der Waals surface area contributed by atoms with Gasteiger partial charge in [0.25, 0.3) is 0 Å². The molecule has 0 radical (unpaired) electrons. The molecular weight excluding hydrogens is 292 g/mol. The van der Waals surface area contributed by atoms with Crippen molar-refractivity contribution in [1.29, 1.82) is 0 Å². The summed E-state index contributed by atoms with van der Waals surface area (Å²) in [7, 11) is -3.39. The summed E-state index contributed by atoms with van der Waals surface area (Å²) < 4.78 is 24.6. The summed E-state index contributed by atoms with van der Waals surface area (Å²) in [6, 6.07) is 7.23. The lowest BCUT2D eigenvalue weighted by Crippen LogP contribution is -2.32. The Bertz CT molecular complexity index is 790. The van der Waals surface area contributed by atoms with Gasteiger partial charge >= 0.3 is 5.97 Å². The Kier molecular flexibility index (Phi) is 3.79. The zero-order valence-corrected chi connectivity index (χ0v) is 13.0. The molecular formula is C14H18N2O4S. The molecule has 1 aromatic heterocycles. The molecule has 0 aliphatic heterocycles. The number of fused-ring (bicyclic) bond motifs is 1. The standard InChI is InChI=1S/C14H18N2O4S/c1-14(2,21(3,19)20)13-15-10-6-4-5-7-11(10)16(13)9-8-12(17)18/h4-7H,8-9H2,1-3H3,(H,17,18). The number of hydrogen-bond acceptors (Lipinski definition) is 4. The fourth-order valence-corrected chi connectivity index (χ4v) is 2.62. The number of carbonyl (C=O) groups is 1. The molecule has 1 N–H and O–H groups in total. The van der Waals surface area contributed by atoms with E-state index in [1.165, 1.54) is 0 Å². The number of aliphatic carboxylic acids is 1. The van der Waals surface area contributed by atoms with Gasteiger partial charge in [-0.15, -0.1) is 0 Å². The average molecular weight is 310 g/mol. The SMILES string of the molecule is CC(C)(c1nc2ccccc2n1CCC(=O)O)S(C)(=O)=O. The summed E-state index contributed by atoms with van der Waals surface area (Å²) in [5, 5.41) is 8.89. The number of benzene rings is 1. The lowest BCUT2D eigenvalue weighted by atomic mass is 10.2. The van der Waals surface area contributed by atoms with Gasteiger partial charge in [-0.3, -0.25) is 4.79 Å². The highest BCUT2D eigenvalue weighted by Crippen LogP contribution is 2.31. The Hall–Kier alpha value is -1.89. The maximum Gasteiger partial charge on any atom is 0.305 e. The molecule has 1 heterocycles. The number of aromatic nitrogens is 2. The van der Waals surface area contributed by atoms with Crippen molar-refractivity contribution in [3.63, 3.8) is 0 Å². The van der Waals surface area contributed by atoms with Crippen LogP contribution in [0.3, 0.4) is 0 Å². The first-order valence-electron chi connectivity index (χ1n) is 6.51. The van der Waals surface area contributed by atoms with Crippen molar-refractivity contribution in [3.8, 4) is 0 Å². The number of rotatable bonds is 5. The smallest absolute Gasteiger partial charge is 0.305 e. The van der Waals surface area contributed by atoms with Crippen LogP contribution in [0.5, 0.6) is 0 Å². The van der Waals surface area contributed by atoms with Crippen LogP contribution >= 0.6 is 0 Å². The second-order valence-electron chi connectivity index (χ2n) is 5.50. The number of nitrogens with zero attached hydrogens (tertiary/aromatic N) is 2. The normalized spacial score (nSPS) is 12.7. The highest BCUT2D eigenvalue weighted by atomic mass is 32.2. The van der Waals surface area contributed by atoms with Gasteiger partial charge in [0.1, 0.15) is 10.6 Å². The van der Waals surface area contributed by atoms with Gasteiger partial charge in [0.05, 0.1) is 17.5 Å². The van der Waals surface area contributed by atoms with E-state index in [0.717, 1.165) is 11.8 Å². The summed E-state index contributed by atoms with van der Waals surface area (Å²) in [6.45, 7) is 3.35. The summed E-state index contributed by atoms with van der Waals surface area (Å²) >= 11 is 0. The quantitative estimate of drug-likeness (QED) is 0.909. The van der Waals surface area contributed by atoms with E-state index in [0.29, 0.717) is 11.3 Å². The van der Waals surface area contributed by atoms with E-state index in [9.17, 15) is 13.2 Å². The Labute approximate surface area is 123 Å². The van der Waals surface area contributed by atoms with Crippen molar-refractivity contribution in [2.45, 2.75) is 31.6 Å². The highest BCUT2D eigenvalue weighted by Gasteiger charge is 2.37. The molecule has 0 fully saturated rings. The van der Waals surface area contributed by atoms with Gasteiger partial charge in [0.2, 0.25) is 0 Å². The Morgan fingerprint density at radius 1 is 1.33 bits per heavy atom. The van der Waals surface area contributed by atoms with Crippen LogP contribution in [0.1, 0.15) is 26.1 Å². The predicted octanol–water partition coefficient (Wildman–Crippen LogP) is 1.79. The Balaban J connectivity index is 2.67. The van der Waals surface area contributed by atoms with Crippen molar-refractivity contribution in [1.82, 2.24) is 9.55 Å². The molecule has 114 valence electrons. The largest absolute Gasteiger partial charge is 0.481 e. The molecule has 0 saturated heterocycles. The van der Waals surface area contributed by atoms with Crippen molar-refractivity contribution >= 4 is 26.8 Å². The maximum atomic E-state index is 12.1. The third-order valence-electron chi connectivity index (χ3n) is 3.67. The summed E-state index contributed by atoms with van der Waals surface area (Å²) in [4.78, 5) is 15.3. The first kappa shape index (κ1) is 15.5. The van der Waals surface area contributed by atoms with E-state index in [4.69, 9.17) is 5.11 Å². The van der Waals surface area contributed by atoms with Gasteiger partial charge < -0.3 is 9.67 Å². The summed E-state index contributed by atoms with van der Waals surface area (Å²) in [6.07, 6.45) is 1.07. The van der Waals surface area contributed by atoms with Crippen LogP contribution < -0.4 is 0 Å². The van der Waals surface area contributed by atoms with Crippen molar-refractivity contribution in [2.24, 2.45) is 0 Å². The Morgan fingerprint density at radius 3 is 2.52 bits per heavy atom. The van der Waals surface area contributed by atoms with E-state index in [1.54, 1.807) is 24.5 Å². The van der Waals surface area contributed by atoms with E-state index in [-0.39, 0.29) is 13.0 Å². The zero-order valence-electron chi connectivity index (χ0n) is 12.2. The molecule has 0 amide bonds. The zero-order chi connectivity index (χ0) is 15.8. The first-order chi connectivity index (χ1) is 9.64. The van der Waals surface area contributed by atoms with E-state index in [1.807, 2.05) is 18.2 Å². The molecule has 7 heteroatoms. The molecule has 6 nitrogen and oxygen atoms in total. The average Bonchev–Trinajstić information content (AvgIpc) is 2.74. The maximum absolute atomic E-state index is 12.1. The van der Waals surface area contributed by atoms with Crippen LogP contribution in [-0.2, 0) is 25.9 Å². The lowest BCUT2D eigenvalue weighted by Gasteiger charge is -2.23. The van der Waals surface area contributed by atoms with E-state index < -0.39 is 20.6 Å². The number of aryl methyl sites for hydroxylation is 1. The fraction of sp³-hybridized carbons (Fsp3) is 0.429. The molecule has 0 atom stereocenters. The van der Waals surface area contributed by atoms with Crippen LogP contribution in [0.15, 0.2) is 24.3 Å². The van der Waals surface area contributed by atoms with Crippen LogP contribution in [0.25, 0.3) is 11.0 Å². The minimum atomic E-state index is -3.39. The molecule has 1 aromatic carbocycles. The number of imidazole rings is 1. The topological polar surface area (TPSA) is 89.3 Å². The Morgan fingerprint density at radius 2 is 1.95 bits per heavy atom. The fourth-order valence-electron chi connectivity index (χ4n) is 2.13. The van der Waals surface area contributed by atoms with Gasteiger partial charge in [-0.25, -0.2) is 13.4 Å². The number of para-hydroxylation sites is 2. The summed E-state index contributed by atoms with van der Waals surface area (Å²) in [5.74, 6) is -0.566. The minimum absolute atomic E-state index is 0.0901. The van der Waals surface area contributed by atoms with Crippen molar-refractivity contribution < 1.29 is 18.3 Å². The molecule has 0 aliphatic rings. The number of carboxylic acid groups (broad SMARTS) is 1. The van der Waals surface area contributed by atoms with Crippen LogP contribution in [0, 0.1) is 0 Å². The lowest BCUT2D eigenvalue weighted by molar-refractivity contribution is -0.137. The van der Waals surface area contributed by atoms with Gasteiger partial charge in [-0.05, 0) is 26.0 Å². The number of sulfone groups is 1. The van der Waals surface area contributed by atoms with Crippen LogP contribution in [0.2, 0.25) is 0 Å². The molecule has 0 bridgehead atoms. The molecule has 2 rings (SSSR count). The second kappa shape index (κ2) is 5.14. The van der Waals surface area contributed by atoms with Crippen molar-refractivity contribution in [2.75, 3.05) is 6.26 Å². The first-order valence-corrected chi connectivity index (χ1v) is 8.41. The second-order valence-corrected chi connectivity index (χ2v) is 8.07. The monoisotopic (exact) mass is 310 g/mol. The number of carboxylic acids is 1. The van der Waals surface area contributed by atoms with Gasteiger partial charge in [0, 0.05) is 12.8 Å². The molecule has 0 aliphatic carbocycles. The molecule has 0 saturated carbocycles. The van der Waals surface area contributed by atoms with Crippen molar-refractivity contribution in [3.05, 3.63) is 30.1 Å². The molecule has 21 heavy (non-hydrogen) atoms. The molecule has 0 spiro atoms. The van der Waals surface area contributed by atoms with E-state index in [2.05, 4.69) is 4.98 Å².